The largest absolute Gasteiger partial charge is 0.481 e. The number of hydrogen-bond acceptors (Lipinski definition) is 8. The number of nitrogens with two attached hydrogens (primary N) is 5. The third-order valence-electron chi connectivity index (χ3n) is 6.06. The molecule has 0 saturated heterocycles. The van der Waals surface area contributed by atoms with E-state index in [0.29, 0.717) is 5.56 Å². The van der Waals surface area contributed by atoms with Gasteiger partial charge in [-0.25, -0.2) is 4.79 Å². The van der Waals surface area contributed by atoms with Gasteiger partial charge in [-0.15, -0.1) is 0 Å². The van der Waals surface area contributed by atoms with E-state index >= 15 is 0 Å². The van der Waals surface area contributed by atoms with Gasteiger partial charge in [0.05, 0.1) is 6.04 Å². The Hall–Kier alpha value is -4.93. The lowest BCUT2D eigenvalue weighted by atomic mass is 10.0. The zero-order valence-electron chi connectivity index (χ0n) is 23.8. The molecule has 0 bridgehead atoms. The molecule has 238 valence electrons. The van der Waals surface area contributed by atoms with E-state index in [4.69, 9.17) is 33.8 Å². The number of carboxylic acids is 2. The normalized spacial score (nSPS) is 13.3. The topological polar surface area (TPSA) is 317 Å². The molecular formula is C26H42N10O7. The van der Waals surface area contributed by atoms with E-state index in [0.717, 1.165) is 0 Å². The number of rotatable bonds is 20. The second-order valence-corrected chi connectivity index (χ2v) is 9.65. The quantitative estimate of drug-likeness (QED) is 0.0405. The van der Waals surface area contributed by atoms with Gasteiger partial charge in [-0.1, -0.05) is 30.3 Å². The van der Waals surface area contributed by atoms with Gasteiger partial charge in [-0.3, -0.25) is 29.2 Å². The fourth-order valence-corrected chi connectivity index (χ4v) is 3.83. The number of carbonyl (C=O) groups is 5. The minimum absolute atomic E-state index is 0.00550. The summed E-state index contributed by atoms with van der Waals surface area (Å²) < 4.78 is 0. The average Bonchev–Trinajstić information content (AvgIpc) is 2.94. The first-order valence-corrected chi connectivity index (χ1v) is 13.6. The van der Waals surface area contributed by atoms with Crippen molar-refractivity contribution in [2.75, 3.05) is 13.1 Å². The summed E-state index contributed by atoms with van der Waals surface area (Å²) in [6.45, 7) is 0.295. The molecule has 1 aromatic rings. The molecule has 43 heavy (non-hydrogen) atoms. The summed E-state index contributed by atoms with van der Waals surface area (Å²) in [5.41, 5.74) is 27.7. The third-order valence-corrected chi connectivity index (χ3v) is 6.06. The van der Waals surface area contributed by atoms with Crippen LogP contribution in [0.1, 0.15) is 44.1 Å². The first kappa shape index (κ1) is 36.1. The summed E-state index contributed by atoms with van der Waals surface area (Å²) in [7, 11) is 0. The van der Waals surface area contributed by atoms with Gasteiger partial charge in [-0.05, 0) is 37.7 Å². The highest BCUT2D eigenvalue weighted by molar-refractivity contribution is 5.94. The highest BCUT2D eigenvalue weighted by Crippen LogP contribution is 2.08. The molecule has 0 aromatic heterocycles. The molecule has 4 unspecified atom stereocenters. The van der Waals surface area contributed by atoms with Crippen LogP contribution < -0.4 is 44.6 Å². The van der Waals surface area contributed by atoms with Crippen LogP contribution in [0.2, 0.25) is 0 Å². The van der Waals surface area contributed by atoms with Gasteiger partial charge in [0.2, 0.25) is 17.7 Å². The van der Waals surface area contributed by atoms with Gasteiger partial charge in [0.1, 0.15) is 18.1 Å². The average molecular weight is 607 g/mol. The van der Waals surface area contributed by atoms with Crippen molar-refractivity contribution in [3.8, 4) is 0 Å². The predicted molar refractivity (Wildman–Crippen MR) is 158 cm³/mol. The first-order valence-electron chi connectivity index (χ1n) is 13.6. The summed E-state index contributed by atoms with van der Waals surface area (Å²) >= 11 is 0. The van der Waals surface area contributed by atoms with Crippen LogP contribution in [0.25, 0.3) is 0 Å². The van der Waals surface area contributed by atoms with E-state index in [2.05, 4.69) is 25.9 Å². The predicted octanol–water partition coefficient (Wildman–Crippen LogP) is -2.93. The number of amides is 3. The summed E-state index contributed by atoms with van der Waals surface area (Å²) in [5, 5.41) is 26.1. The van der Waals surface area contributed by atoms with Crippen LogP contribution in [0.5, 0.6) is 0 Å². The van der Waals surface area contributed by atoms with Crippen molar-refractivity contribution in [1.29, 1.82) is 0 Å². The Kier molecular flexibility index (Phi) is 16.1. The second-order valence-electron chi connectivity index (χ2n) is 9.65. The van der Waals surface area contributed by atoms with Gasteiger partial charge in [-0.2, -0.15) is 0 Å². The minimum atomic E-state index is -1.29. The van der Waals surface area contributed by atoms with E-state index in [1.807, 2.05) is 0 Å². The molecule has 0 radical (unpaired) electrons. The van der Waals surface area contributed by atoms with Crippen LogP contribution in [-0.4, -0.2) is 89.0 Å². The summed E-state index contributed by atoms with van der Waals surface area (Å²) in [6.07, 6.45) is 0.0631. The maximum absolute atomic E-state index is 13.4. The Morgan fingerprint density at radius 1 is 0.698 bits per heavy atom. The SMILES string of the molecule is NC(N)=NCCCC(NC(=O)C(Cc1ccccc1)NC(=O)C(CCCN=C(N)N)NC(=O)C(N)CCC(=O)O)C(=O)O. The Labute approximate surface area is 248 Å². The molecule has 0 aliphatic heterocycles. The lowest BCUT2D eigenvalue weighted by Gasteiger charge is -2.25. The van der Waals surface area contributed by atoms with Gasteiger partial charge in [0.25, 0.3) is 0 Å². The van der Waals surface area contributed by atoms with Crippen LogP contribution in [0, 0.1) is 0 Å². The van der Waals surface area contributed by atoms with Gasteiger partial charge in [0, 0.05) is 25.9 Å². The third kappa shape index (κ3) is 15.6. The zero-order valence-corrected chi connectivity index (χ0v) is 23.8. The van der Waals surface area contributed by atoms with Gasteiger partial charge >= 0.3 is 11.9 Å². The van der Waals surface area contributed by atoms with Crippen LogP contribution in [0.15, 0.2) is 40.3 Å². The maximum atomic E-state index is 13.4. The van der Waals surface area contributed by atoms with E-state index in [-0.39, 0.29) is 70.0 Å². The van der Waals surface area contributed by atoms with Crippen LogP contribution >= 0.6 is 0 Å². The van der Waals surface area contributed by atoms with Crippen molar-refractivity contribution in [2.24, 2.45) is 38.7 Å². The molecule has 17 nitrogen and oxygen atoms in total. The second kappa shape index (κ2) is 19.2. The Balaban J connectivity index is 3.14. The number of aliphatic carboxylic acids is 2. The van der Waals surface area contributed by atoms with Crippen LogP contribution in [0.3, 0.4) is 0 Å². The number of nitrogens with one attached hydrogen (secondary N) is 3. The Bertz CT molecular complexity index is 1140. The molecule has 1 aromatic carbocycles. The van der Waals surface area contributed by atoms with Crippen LogP contribution in [-0.2, 0) is 30.4 Å². The van der Waals surface area contributed by atoms with E-state index in [1.165, 1.54) is 0 Å². The van der Waals surface area contributed by atoms with Crippen molar-refractivity contribution in [3.63, 3.8) is 0 Å². The molecule has 17 heteroatoms. The number of guanidine groups is 2. The molecule has 0 fully saturated rings. The molecular weight excluding hydrogens is 564 g/mol. The molecule has 1 rings (SSSR count). The molecule has 4 atom stereocenters. The standard InChI is InChI=1S/C26H42N10O7/c27-16(10-11-20(37)38)21(39)34-17(8-4-12-32-25(28)29)22(40)36-19(14-15-6-2-1-3-7-15)23(41)35-18(24(42)43)9-5-13-33-26(30)31/h1-3,6-7,16-19H,4-5,8-14,27H2,(H,34,39)(H,35,41)(H,36,40)(H,37,38)(H,42,43)(H4,28,29,32)(H4,30,31,33). The van der Waals surface area contributed by atoms with E-state index in [9.17, 15) is 29.1 Å². The number of nitrogens with zero attached hydrogens (tertiary/aromatic N) is 2. The van der Waals surface area contributed by atoms with Crippen molar-refractivity contribution in [1.82, 2.24) is 16.0 Å². The van der Waals surface area contributed by atoms with Crippen LogP contribution in [0.4, 0.5) is 0 Å². The summed E-state index contributed by atoms with van der Waals surface area (Å²) in [4.78, 5) is 69.7. The van der Waals surface area contributed by atoms with Gasteiger partial charge < -0.3 is 54.8 Å². The Morgan fingerprint density at radius 3 is 1.70 bits per heavy atom. The molecule has 0 aliphatic rings. The maximum Gasteiger partial charge on any atom is 0.326 e. The number of carboxylic acid groups (broad SMARTS) is 2. The Morgan fingerprint density at radius 2 is 1.19 bits per heavy atom. The highest BCUT2D eigenvalue weighted by Gasteiger charge is 2.30. The monoisotopic (exact) mass is 606 g/mol. The zero-order chi connectivity index (χ0) is 32.4. The highest BCUT2D eigenvalue weighted by atomic mass is 16.4. The smallest absolute Gasteiger partial charge is 0.326 e. The molecule has 0 heterocycles. The fourth-order valence-electron chi connectivity index (χ4n) is 3.83. The van der Waals surface area contributed by atoms with Crippen molar-refractivity contribution < 1.29 is 34.2 Å². The lowest BCUT2D eigenvalue weighted by Crippen LogP contribution is -2.57. The number of aliphatic imine (C=N–C) groups is 2. The van der Waals surface area contributed by atoms with Crippen molar-refractivity contribution >= 4 is 41.6 Å². The molecule has 0 aliphatic carbocycles. The van der Waals surface area contributed by atoms with Gasteiger partial charge in [0.15, 0.2) is 11.9 Å². The minimum Gasteiger partial charge on any atom is -0.481 e. The van der Waals surface area contributed by atoms with E-state index < -0.39 is 53.8 Å². The molecule has 3 amide bonds. The first-order chi connectivity index (χ1) is 20.3. The van der Waals surface area contributed by atoms with Crippen molar-refractivity contribution in [2.45, 2.75) is 69.1 Å². The van der Waals surface area contributed by atoms with E-state index in [1.54, 1.807) is 30.3 Å². The summed E-state index contributed by atoms with van der Waals surface area (Å²) in [6, 6.07) is 3.78. The summed E-state index contributed by atoms with van der Waals surface area (Å²) in [5.74, 6) is -5.02. The fraction of sp³-hybridized carbons (Fsp3) is 0.500. The van der Waals surface area contributed by atoms with Crippen molar-refractivity contribution in [3.05, 3.63) is 35.9 Å². The number of carbonyl (C=O) groups excluding carboxylic acids is 3. The molecule has 0 spiro atoms. The molecule has 0 saturated carbocycles. The number of hydrogen-bond donors (Lipinski definition) is 10. The lowest BCUT2D eigenvalue weighted by molar-refractivity contribution is -0.142. The molecule has 15 N–H and O–H groups in total. The number of benzene rings is 1.